The smallest absolute Gasteiger partial charge is 0.195 e. The predicted octanol–water partition coefficient (Wildman–Crippen LogP) is 3.96. The molecule has 0 aliphatic heterocycles. The highest BCUT2D eigenvalue weighted by Crippen LogP contribution is 2.31. The number of nitrogens with two attached hydrogens (primary N) is 1. The van der Waals surface area contributed by atoms with E-state index in [1.165, 1.54) is 23.5 Å². The standard InChI is InChI=1S/C24H22FNO4S/c25-16-2-1-3-17(11-16)30-18-5-6-19-22(12-18)31-21-7-4-15(10-20(21)23(19)29)8-9-24(26,13-27)14-28/h1-7,10-12,27-28H,8-9,13-14,26H2. The summed E-state index contributed by atoms with van der Waals surface area (Å²) in [6.07, 6.45) is 0.938. The van der Waals surface area contributed by atoms with Crippen LogP contribution in [0.4, 0.5) is 4.39 Å². The Hall–Kier alpha value is -2.84. The molecule has 1 aromatic heterocycles. The van der Waals surface area contributed by atoms with E-state index in [2.05, 4.69) is 0 Å². The zero-order valence-electron chi connectivity index (χ0n) is 16.7. The van der Waals surface area contributed by atoms with Crippen molar-refractivity contribution in [1.82, 2.24) is 0 Å². The SMILES string of the molecule is NC(CO)(CO)CCc1ccc2sc3cc(Oc4cccc(F)c4)ccc3c(=O)c2c1. The summed E-state index contributed by atoms with van der Waals surface area (Å²) < 4.78 is 20.7. The lowest BCUT2D eigenvalue weighted by Crippen LogP contribution is -2.47. The highest BCUT2D eigenvalue weighted by Gasteiger charge is 2.22. The maximum Gasteiger partial charge on any atom is 0.195 e. The fourth-order valence-electron chi connectivity index (χ4n) is 3.37. The molecule has 0 amide bonds. The van der Waals surface area contributed by atoms with Gasteiger partial charge in [0.1, 0.15) is 17.3 Å². The van der Waals surface area contributed by atoms with Gasteiger partial charge in [0.25, 0.3) is 0 Å². The number of aliphatic hydroxyl groups excluding tert-OH is 2. The van der Waals surface area contributed by atoms with Gasteiger partial charge in [-0.3, -0.25) is 4.79 Å². The van der Waals surface area contributed by atoms with Crippen LogP contribution in [-0.2, 0) is 6.42 Å². The van der Waals surface area contributed by atoms with Crippen molar-refractivity contribution in [1.29, 1.82) is 0 Å². The Balaban J connectivity index is 1.66. The molecule has 0 unspecified atom stereocenters. The molecule has 1 heterocycles. The predicted molar refractivity (Wildman–Crippen MR) is 121 cm³/mol. The number of benzene rings is 3. The van der Waals surface area contributed by atoms with Crippen LogP contribution in [0.5, 0.6) is 11.5 Å². The topological polar surface area (TPSA) is 92.8 Å². The van der Waals surface area contributed by atoms with Crippen molar-refractivity contribution in [3.63, 3.8) is 0 Å². The van der Waals surface area contributed by atoms with Gasteiger partial charge in [0.2, 0.25) is 0 Å². The van der Waals surface area contributed by atoms with Gasteiger partial charge in [0.15, 0.2) is 5.43 Å². The minimum absolute atomic E-state index is 0.0776. The summed E-state index contributed by atoms with van der Waals surface area (Å²) in [5.41, 5.74) is 5.74. The maximum absolute atomic E-state index is 13.4. The molecule has 0 aliphatic carbocycles. The van der Waals surface area contributed by atoms with E-state index in [1.807, 2.05) is 18.2 Å². The van der Waals surface area contributed by atoms with Crippen LogP contribution in [0.25, 0.3) is 20.2 Å². The molecule has 4 rings (SSSR count). The Morgan fingerprint density at radius 1 is 0.935 bits per heavy atom. The van der Waals surface area contributed by atoms with E-state index < -0.39 is 5.54 Å². The molecule has 0 fully saturated rings. The summed E-state index contributed by atoms with van der Waals surface area (Å²) in [6, 6.07) is 16.8. The first-order chi connectivity index (χ1) is 14.9. The summed E-state index contributed by atoms with van der Waals surface area (Å²) in [5.74, 6) is 0.533. The van der Waals surface area contributed by atoms with Crippen LogP contribution in [0.1, 0.15) is 12.0 Å². The number of halogens is 1. The number of rotatable bonds is 7. The fourth-order valence-corrected chi connectivity index (χ4v) is 4.45. The number of ether oxygens (including phenoxy) is 1. The Morgan fingerprint density at radius 2 is 1.71 bits per heavy atom. The summed E-state index contributed by atoms with van der Waals surface area (Å²) >= 11 is 1.48. The van der Waals surface area contributed by atoms with E-state index in [4.69, 9.17) is 10.5 Å². The van der Waals surface area contributed by atoms with Crippen molar-refractivity contribution in [2.45, 2.75) is 18.4 Å². The number of hydrogen-bond donors (Lipinski definition) is 3. The summed E-state index contributed by atoms with van der Waals surface area (Å²) in [5, 5.41) is 19.9. The van der Waals surface area contributed by atoms with Crippen molar-refractivity contribution < 1.29 is 19.3 Å². The third kappa shape index (κ3) is 4.60. The van der Waals surface area contributed by atoms with Gasteiger partial charge >= 0.3 is 0 Å². The normalized spacial score (nSPS) is 11.9. The molecule has 0 spiro atoms. The van der Waals surface area contributed by atoms with Crippen molar-refractivity contribution in [3.8, 4) is 11.5 Å². The molecular formula is C24H22FNO4S. The van der Waals surface area contributed by atoms with E-state index in [9.17, 15) is 19.4 Å². The average Bonchev–Trinajstić information content (AvgIpc) is 2.78. The van der Waals surface area contributed by atoms with Gasteiger partial charge in [-0.1, -0.05) is 12.1 Å². The van der Waals surface area contributed by atoms with Gasteiger partial charge in [-0.25, -0.2) is 4.39 Å². The van der Waals surface area contributed by atoms with Gasteiger partial charge in [0, 0.05) is 26.2 Å². The second kappa shape index (κ2) is 8.72. The quantitative estimate of drug-likeness (QED) is 0.379. The molecule has 0 saturated carbocycles. The lowest BCUT2D eigenvalue weighted by molar-refractivity contribution is 0.115. The average molecular weight is 440 g/mol. The van der Waals surface area contributed by atoms with E-state index in [0.717, 1.165) is 15.0 Å². The summed E-state index contributed by atoms with van der Waals surface area (Å²) in [7, 11) is 0. The van der Waals surface area contributed by atoms with Crippen molar-refractivity contribution in [3.05, 3.63) is 82.3 Å². The summed E-state index contributed by atoms with van der Waals surface area (Å²) in [4.78, 5) is 13.1. The molecule has 0 radical (unpaired) electrons. The first-order valence-electron chi connectivity index (χ1n) is 9.84. The molecule has 0 atom stereocenters. The minimum atomic E-state index is -1.04. The minimum Gasteiger partial charge on any atom is -0.457 e. The first-order valence-corrected chi connectivity index (χ1v) is 10.7. The van der Waals surface area contributed by atoms with E-state index in [1.54, 1.807) is 30.3 Å². The van der Waals surface area contributed by atoms with E-state index in [-0.39, 0.29) is 24.5 Å². The highest BCUT2D eigenvalue weighted by atomic mass is 32.1. The Labute approximate surface area is 182 Å². The molecule has 7 heteroatoms. The second-order valence-electron chi connectivity index (χ2n) is 7.66. The molecule has 0 aliphatic rings. The van der Waals surface area contributed by atoms with Crippen LogP contribution in [0.3, 0.4) is 0 Å². The lowest BCUT2D eigenvalue weighted by atomic mass is 9.93. The Kier molecular flexibility index (Phi) is 6.02. The fraction of sp³-hybridized carbons (Fsp3) is 0.208. The van der Waals surface area contributed by atoms with Gasteiger partial charge in [0.05, 0.1) is 18.8 Å². The molecular weight excluding hydrogens is 417 g/mol. The second-order valence-corrected chi connectivity index (χ2v) is 8.74. The molecule has 31 heavy (non-hydrogen) atoms. The van der Waals surface area contributed by atoms with Gasteiger partial charge in [-0.2, -0.15) is 0 Å². The van der Waals surface area contributed by atoms with Crippen LogP contribution in [0.15, 0.2) is 65.5 Å². The molecule has 0 saturated heterocycles. The third-order valence-electron chi connectivity index (χ3n) is 5.28. The van der Waals surface area contributed by atoms with Crippen LogP contribution < -0.4 is 15.9 Å². The van der Waals surface area contributed by atoms with E-state index in [0.29, 0.717) is 35.1 Å². The number of fused-ring (bicyclic) bond motifs is 2. The van der Waals surface area contributed by atoms with Crippen molar-refractivity contribution in [2.75, 3.05) is 13.2 Å². The number of hydrogen-bond acceptors (Lipinski definition) is 6. The molecule has 5 nitrogen and oxygen atoms in total. The van der Waals surface area contributed by atoms with E-state index >= 15 is 0 Å². The third-order valence-corrected chi connectivity index (χ3v) is 6.41. The summed E-state index contributed by atoms with van der Waals surface area (Å²) in [6.45, 7) is -0.618. The molecule has 3 aromatic carbocycles. The van der Waals surface area contributed by atoms with Crippen molar-refractivity contribution >= 4 is 31.5 Å². The Bertz CT molecular complexity index is 1300. The van der Waals surface area contributed by atoms with Gasteiger partial charge < -0.3 is 20.7 Å². The van der Waals surface area contributed by atoms with Crippen molar-refractivity contribution in [2.24, 2.45) is 5.73 Å². The Morgan fingerprint density at radius 3 is 2.45 bits per heavy atom. The van der Waals surface area contributed by atoms with Crippen LogP contribution in [-0.4, -0.2) is 29.0 Å². The van der Waals surface area contributed by atoms with Crippen LogP contribution in [0.2, 0.25) is 0 Å². The number of aliphatic hydroxyl groups is 2. The largest absolute Gasteiger partial charge is 0.457 e. The van der Waals surface area contributed by atoms with Crippen LogP contribution >= 0.6 is 11.3 Å². The molecule has 160 valence electrons. The van der Waals surface area contributed by atoms with Crippen LogP contribution in [0, 0.1) is 5.82 Å². The molecule has 0 bridgehead atoms. The first kappa shape index (κ1) is 21.4. The lowest BCUT2D eigenvalue weighted by Gasteiger charge is -2.24. The maximum atomic E-state index is 13.4. The molecule has 4 N–H and O–H groups in total. The number of aryl methyl sites for hydroxylation is 1. The zero-order valence-corrected chi connectivity index (χ0v) is 17.5. The highest BCUT2D eigenvalue weighted by molar-refractivity contribution is 7.24. The molecule has 4 aromatic rings. The zero-order chi connectivity index (χ0) is 22.0. The monoisotopic (exact) mass is 439 g/mol. The van der Waals surface area contributed by atoms with Gasteiger partial charge in [-0.05, 0) is 60.9 Å². The van der Waals surface area contributed by atoms with Gasteiger partial charge in [-0.15, -0.1) is 11.3 Å².